The Kier molecular flexibility index (Phi) is 7.81. The van der Waals surface area contributed by atoms with Gasteiger partial charge in [-0.3, -0.25) is 0 Å². The van der Waals surface area contributed by atoms with E-state index < -0.39 is 0 Å². The molecule has 2 unspecified atom stereocenters. The molecule has 1 rings (SSSR count). The molecule has 1 N–H and O–H groups in total. The van der Waals surface area contributed by atoms with Crippen LogP contribution in [-0.2, 0) is 0 Å². The van der Waals surface area contributed by atoms with Crippen molar-refractivity contribution < 1.29 is 0 Å². The molecule has 0 bridgehead atoms. The summed E-state index contributed by atoms with van der Waals surface area (Å²) in [6.07, 6.45) is 12.2. The lowest BCUT2D eigenvalue weighted by Crippen LogP contribution is -2.30. The summed E-state index contributed by atoms with van der Waals surface area (Å²) in [6.45, 7) is 5.85. The van der Waals surface area contributed by atoms with Gasteiger partial charge >= 0.3 is 0 Å². The lowest BCUT2D eigenvalue weighted by Gasteiger charge is -2.19. The molecule has 2 atom stereocenters. The van der Waals surface area contributed by atoms with E-state index in [0.29, 0.717) is 0 Å². The molecular formula is C15H27NS. The molecule has 1 fully saturated rings. The largest absolute Gasteiger partial charge is 0.313 e. The SMILES string of the molecule is C#CCSCCNC1CCCC(C(C)C)CC1. The zero-order valence-electron chi connectivity index (χ0n) is 11.4. The van der Waals surface area contributed by atoms with Crippen molar-refractivity contribution in [1.29, 1.82) is 0 Å². The van der Waals surface area contributed by atoms with Crippen molar-refractivity contribution >= 4 is 11.8 Å². The lowest BCUT2D eigenvalue weighted by atomic mass is 9.89. The molecule has 98 valence electrons. The van der Waals surface area contributed by atoms with Gasteiger partial charge in [-0.15, -0.1) is 18.2 Å². The fraction of sp³-hybridized carbons (Fsp3) is 0.867. The molecule has 0 heterocycles. The summed E-state index contributed by atoms with van der Waals surface area (Å²) in [6, 6.07) is 0.755. The van der Waals surface area contributed by atoms with Gasteiger partial charge < -0.3 is 5.32 Å². The highest BCUT2D eigenvalue weighted by molar-refractivity contribution is 7.99. The number of rotatable bonds is 6. The van der Waals surface area contributed by atoms with Gasteiger partial charge in [0.2, 0.25) is 0 Å². The normalized spacial score (nSPS) is 25.5. The molecule has 1 saturated carbocycles. The van der Waals surface area contributed by atoms with Gasteiger partial charge in [0.15, 0.2) is 0 Å². The van der Waals surface area contributed by atoms with E-state index >= 15 is 0 Å². The molecule has 2 heteroatoms. The van der Waals surface area contributed by atoms with E-state index in [0.717, 1.165) is 35.9 Å². The molecule has 0 saturated heterocycles. The number of terminal acetylenes is 1. The maximum Gasteiger partial charge on any atom is 0.0545 e. The summed E-state index contributed by atoms with van der Waals surface area (Å²) < 4.78 is 0. The standard InChI is InChI=1S/C15H27NS/c1-4-11-17-12-10-16-15-7-5-6-14(8-9-15)13(2)3/h1,13-16H,5-12H2,2-3H3. The molecule has 0 aromatic heterocycles. The van der Waals surface area contributed by atoms with E-state index in [1.54, 1.807) is 0 Å². The van der Waals surface area contributed by atoms with Crippen LogP contribution in [0.15, 0.2) is 0 Å². The summed E-state index contributed by atoms with van der Waals surface area (Å²) in [5.74, 6) is 6.48. The van der Waals surface area contributed by atoms with Crippen molar-refractivity contribution in [2.75, 3.05) is 18.1 Å². The molecule has 0 amide bonds. The Morgan fingerprint density at radius 2 is 2.12 bits per heavy atom. The number of thioether (sulfide) groups is 1. The van der Waals surface area contributed by atoms with E-state index in [-0.39, 0.29) is 0 Å². The first kappa shape index (κ1) is 14.9. The van der Waals surface area contributed by atoms with Gasteiger partial charge in [-0.25, -0.2) is 0 Å². The van der Waals surface area contributed by atoms with Crippen LogP contribution in [0, 0.1) is 24.2 Å². The highest BCUT2D eigenvalue weighted by atomic mass is 32.2. The molecule has 0 aromatic carbocycles. The third-order valence-corrected chi connectivity index (χ3v) is 4.68. The van der Waals surface area contributed by atoms with Crippen molar-refractivity contribution in [2.24, 2.45) is 11.8 Å². The van der Waals surface area contributed by atoms with Crippen LogP contribution < -0.4 is 5.32 Å². The fourth-order valence-electron chi connectivity index (χ4n) is 2.67. The first-order valence-corrected chi connectivity index (χ1v) is 8.14. The van der Waals surface area contributed by atoms with Gasteiger partial charge in [0.1, 0.15) is 0 Å². The second-order valence-corrected chi connectivity index (χ2v) is 6.53. The predicted octanol–water partition coefficient (Wildman–Crippen LogP) is 3.55. The second-order valence-electron chi connectivity index (χ2n) is 5.42. The summed E-state index contributed by atoms with van der Waals surface area (Å²) in [5, 5.41) is 3.69. The molecule has 0 aromatic rings. The topological polar surface area (TPSA) is 12.0 Å². The zero-order chi connectivity index (χ0) is 12.5. The molecule has 1 nitrogen and oxygen atoms in total. The van der Waals surface area contributed by atoms with Crippen molar-refractivity contribution in [3.8, 4) is 12.3 Å². The Balaban J connectivity index is 2.12. The van der Waals surface area contributed by atoms with Crippen LogP contribution in [0.5, 0.6) is 0 Å². The Morgan fingerprint density at radius 1 is 1.29 bits per heavy atom. The average molecular weight is 253 g/mol. The Hall–Kier alpha value is -0.130. The predicted molar refractivity (Wildman–Crippen MR) is 79.4 cm³/mol. The van der Waals surface area contributed by atoms with Crippen LogP contribution >= 0.6 is 11.8 Å². The fourth-order valence-corrected chi connectivity index (χ4v) is 3.19. The summed E-state index contributed by atoms with van der Waals surface area (Å²) in [4.78, 5) is 0. The van der Waals surface area contributed by atoms with Crippen molar-refractivity contribution in [3.05, 3.63) is 0 Å². The molecular weight excluding hydrogens is 226 g/mol. The minimum Gasteiger partial charge on any atom is -0.313 e. The molecule has 17 heavy (non-hydrogen) atoms. The van der Waals surface area contributed by atoms with E-state index in [1.165, 1.54) is 32.1 Å². The quantitative estimate of drug-likeness (QED) is 0.441. The Morgan fingerprint density at radius 3 is 2.82 bits per heavy atom. The van der Waals surface area contributed by atoms with Crippen LogP contribution in [-0.4, -0.2) is 24.1 Å². The smallest absolute Gasteiger partial charge is 0.0545 e. The van der Waals surface area contributed by atoms with Crippen LogP contribution in [0.1, 0.15) is 46.0 Å². The molecule has 0 spiro atoms. The third kappa shape index (κ3) is 6.38. The molecule has 1 aliphatic rings. The maximum atomic E-state index is 5.23. The van der Waals surface area contributed by atoms with Gasteiger partial charge in [0, 0.05) is 18.3 Å². The summed E-state index contributed by atoms with van der Waals surface area (Å²) in [7, 11) is 0. The van der Waals surface area contributed by atoms with Gasteiger partial charge in [-0.2, -0.15) is 0 Å². The zero-order valence-corrected chi connectivity index (χ0v) is 12.2. The monoisotopic (exact) mass is 253 g/mol. The van der Waals surface area contributed by atoms with Crippen molar-refractivity contribution in [3.63, 3.8) is 0 Å². The highest BCUT2D eigenvalue weighted by Crippen LogP contribution is 2.28. The Labute approximate surface area is 112 Å². The second kappa shape index (κ2) is 8.89. The first-order chi connectivity index (χ1) is 8.24. The minimum absolute atomic E-state index is 0.755. The summed E-state index contributed by atoms with van der Waals surface area (Å²) in [5.41, 5.74) is 0. The van der Waals surface area contributed by atoms with Gasteiger partial charge in [0.05, 0.1) is 5.75 Å². The van der Waals surface area contributed by atoms with E-state index in [1.807, 2.05) is 11.8 Å². The minimum atomic E-state index is 0.755. The number of hydrogen-bond donors (Lipinski definition) is 1. The molecule has 0 radical (unpaired) electrons. The van der Waals surface area contributed by atoms with Crippen LogP contribution in [0.4, 0.5) is 0 Å². The van der Waals surface area contributed by atoms with Gasteiger partial charge in [-0.1, -0.05) is 32.6 Å². The van der Waals surface area contributed by atoms with E-state index in [2.05, 4.69) is 25.1 Å². The number of hydrogen-bond acceptors (Lipinski definition) is 2. The van der Waals surface area contributed by atoms with E-state index in [9.17, 15) is 0 Å². The summed E-state index contributed by atoms with van der Waals surface area (Å²) >= 11 is 1.85. The lowest BCUT2D eigenvalue weighted by molar-refractivity contribution is 0.338. The first-order valence-electron chi connectivity index (χ1n) is 6.98. The van der Waals surface area contributed by atoms with Crippen molar-refractivity contribution in [1.82, 2.24) is 5.32 Å². The highest BCUT2D eigenvalue weighted by Gasteiger charge is 2.20. The van der Waals surface area contributed by atoms with Gasteiger partial charge in [0.25, 0.3) is 0 Å². The van der Waals surface area contributed by atoms with Crippen molar-refractivity contribution in [2.45, 2.75) is 52.0 Å². The van der Waals surface area contributed by atoms with Crippen LogP contribution in [0.2, 0.25) is 0 Å². The molecule has 1 aliphatic carbocycles. The Bertz CT molecular complexity index is 232. The number of nitrogens with one attached hydrogen (secondary N) is 1. The third-order valence-electron chi connectivity index (χ3n) is 3.82. The van der Waals surface area contributed by atoms with Crippen LogP contribution in [0.25, 0.3) is 0 Å². The maximum absolute atomic E-state index is 5.23. The van der Waals surface area contributed by atoms with Crippen LogP contribution in [0.3, 0.4) is 0 Å². The average Bonchev–Trinajstić information content (AvgIpc) is 2.54. The molecule has 0 aliphatic heterocycles. The van der Waals surface area contributed by atoms with E-state index in [4.69, 9.17) is 6.42 Å². The van der Waals surface area contributed by atoms with Gasteiger partial charge in [-0.05, 0) is 31.1 Å².